The lowest BCUT2D eigenvalue weighted by Gasteiger charge is -2.22. The molecule has 0 radical (unpaired) electrons. The number of aromatic hydroxyl groups is 1. The van der Waals surface area contributed by atoms with Crippen LogP contribution in [0.3, 0.4) is 0 Å². The lowest BCUT2D eigenvalue weighted by atomic mass is 9.82. The summed E-state index contributed by atoms with van der Waals surface area (Å²) in [7, 11) is 0. The smallest absolute Gasteiger partial charge is 0.120 e. The van der Waals surface area contributed by atoms with Crippen LogP contribution in [0.4, 0.5) is 0 Å². The van der Waals surface area contributed by atoms with E-state index in [4.69, 9.17) is 0 Å². The summed E-state index contributed by atoms with van der Waals surface area (Å²) in [6.07, 6.45) is 1.93. The number of hydrogen-bond acceptors (Lipinski definition) is 1. The Morgan fingerprint density at radius 2 is 1.43 bits per heavy atom. The molecule has 0 atom stereocenters. The summed E-state index contributed by atoms with van der Waals surface area (Å²) < 4.78 is 0. The van der Waals surface area contributed by atoms with Crippen LogP contribution in [0.2, 0.25) is 0 Å². The van der Waals surface area contributed by atoms with E-state index in [1.807, 2.05) is 39.8 Å². The quantitative estimate of drug-likeness (QED) is 0.512. The molecule has 23 heavy (non-hydrogen) atoms. The molecular weight excluding hydrogens is 280 g/mol. The molecule has 3 aromatic carbocycles. The molecule has 1 nitrogen and oxygen atoms in total. The van der Waals surface area contributed by atoms with E-state index in [2.05, 4.69) is 42.5 Å². The van der Waals surface area contributed by atoms with Crippen LogP contribution in [0.5, 0.6) is 5.75 Å². The third-order valence-corrected chi connectivity index (χ3v) is 4.06. The van der Waals surface area contributed by atoms with Gasteiger partial charge in [0.15, 0.2) is 0 Å². The van der Waals surface area contributed by atoms with Gasteiger partial charge in [0.2, 0.25) is 0 Å². The monoisotopic (exact) mass is 306 g/mol. The van der Waals surface area contributed by atoms with Gasteiger partial charge < -0.3 is 5.11 Å². The van der Waals surface area contributed by atoms with Crippen molar-refractivity contribution in [3.8, 4) is 16.9 Å². The van der Waals surface area contributed by atoms with Crippen LogP contribution in [-0.2, 0) is 12.8 Å². The van der Waals surface area contributed by atoms with Crippen LogP contribution < -0.4 is 0 Å². The van der Waals surface area contributed by atoms with Crippen LogP contribution in [0.15, 0.2) is 54.6 Å². The van der Waals surface area contributed by atoms with E-state index in [-0.39, 0.29) is 0 Å². The molecule has 0 heterocycles. The standard InChI is InChI=1S/C18H14O.2C2H6/c19-17-11-13-6-2-4-8-15(13)18-14-7-3-1-5-12(14)9-10-16(17)18;2*1-2/h1-8,11,19H,9-10H2;2*1-2H3. The third kappa shape index (κ3) is 3.10. The second kappa shape index (κ2) is 7.82. The molecule has 120 valence electrons. The van der Waals surface area contributed by atoms with Crippen molar-refractivity contribution in [2.45, 2.75) is 40.5 Å². The highest BCUT2D eigenvalue weighted by Gasteiger charge is 2.20. The topological polar surface area (TPSA) is 20.2 Å². The molecule has 1 N–H and O–H groups in total. The average Bonchev–Trinajstić information content (AvgIpc) is 2.65. The molecular formula is C22H26O. The maximum absolute atomic E-state index is 10.3. The first-order valence-corrected chi connectivity index (χ1v) is 8.66. The summed E-state index contributed by atoms with van der Waals surface area (Å²) >= 11 is 0. The van der Waals surface area contributed by atoms with E-state index < -0.39 is 0 Å². The molecule has 4 rings (SSSR count). The molecule has 0 fully saturated rings. The number of rotatable bonds is 0. The fraction of sp³-hybridized carbons (Fsp3) is 0.273. The number of fused-ring (bicyclic) bond motifs is 5. The van der Waals surface area contributed by atoms with Crippen LogP contribution in [-0.4, -0.2) is 5.11 Å². The van der Waals surface area contributed by atoms with Gasteiger partial charge in [0, 0.05) is 5.56 Å². The molecule has 0 aromatic heterocycles. The van der Waals surface area contributed by atoms with E-state index in [0.29, 0.717) is 5.75 Å². The number of phenolic OH excluding ortho intramolecular Hbond substituents is 1. The molecule has 3 aromatic rings. The fourth-order valence-corrected chi connectivity index (χ4v) is 3.18. The predicted molar refractivity (Wildman–Crippen MR) is 101 cm³/mol. The van der Waals surface area contributed by atoms with E-state index in [1.165, 1.54) is 22.1 Å². The maximum Gasteiger partial charge on any atom is 0.120 e. The van der Waals surface area contributed by atoms with E-state index >= 15 is 0 Å². The van der Waals surface area contributed by atoms with Crippen molar-refractivity contribution in [1.29, 1.82) is 0 Å². The van der Waals surface area contributed by atoms with Crippen molar-refractivity contribution >= 4 is 10.8 Å². The van der Waals surface area contributed by atoms with E-state index in [0.717, 1.165) is 23.8 Å². The molecule has 0 spiro atoms. The second-order valence-corrected chi connectivity index (χ2v) is 5.13. The highest BCUT2D eigenvalue weighted by Crippen LogP contribution is 2.42. The summed E-state index contributed by atoms with van der Waals surface area (Å²) in [5.41, 5.74) is 4.97. The molecule has 0 saturated carbocycles. The van der Waals surface area contributed by atoms with Crippen molar-refractivity contribution in [2.24, 2.45) is 0 Å². The Morgan fingerprint density at radius 3 is 2.22 bits per heavy atom. The average molecular weight is 306 g/mol. The zero-order valence-electron chi connectivity index (χ0n) is 14.6. The van der Waals surface area contributed by atoms with Crippen LogP contribution in [0.25, 0.3) is 21.9 Å². The van der Waals surface area contributed by atoms with Crippen molar-refractivity contribution in [3.05, 3.63) is 65.7 Å². The largest absolute Gasteiger partial charge is 0.508 e. The van der Waals surface area contributed by atoms with Gasteiger partial charge in [-0.05, 0) is 46.4 Å². The van der Waals surface area contributed by atoms with Gasteiger partial charge in [-0.15, -0.1) is 0 Å². The minimum Gasteiger partial charge on any atom is -0.508 e. The Labute approximate surface area is 139 Å². The van der Waals surface area contributed by atoms with Crippen molar-refractivity contribution in [2.75, 3.05) is 0 Å². The van der Waals surface area contributed by atoms with Gasteiger partial charge in [-0.1, -0.05) is 76.2 Å². The normalized spacial score (nSPS) is 11.3. The minimum atomic E-state index is 0.434. The summed E-state index contributed by atoms with van der Waals surface area (Å²) in [4.78, 5) is 0. The molecule has 1 heteroatoms. The first-order valence-electron chi connectivity index (χ1n) is 8.66. The summed E-state index contributed by atoms with van der Waals surface area (Å²) in [6.45, 7) is 8.00. The Morgan fingerprint density at radius 1 is 0.783 bits per heavy atom. The summed E-state index contributed by atoms with van der Waals surface area (Å²) in [5.74, 6) is 0.434. The lowest BCUT2D eigenvalue weighted by molar-refractivity contribution is 0.469. The van der Waals surface area contributed by atoms with Crippen molar-refractivity contribution < 1.29 is 5.11 Å². The van der Waals surface area contributed by atoms with Crippen LogP contribution >= 0.6 is 0 Å². The molecule has 0 unspecified atom stereocenters. The number of hydrogen-bond donors (Lipinski definition) is 1. The van der Waals surface area contributed by atoms with Gasteiger partial charge in [0.05, 0.1) is 0 Å². The second-order valence-electron chi connectivity index (χ2n) is 5.13. The van der Waals surface area contributed by atoms with Crippen molar-refractivity contribution in [1.82, 2.24) is 0 Å². The zero-order chi connectivity index (χ0) is 16.8. The number of aryl methyl sites for hydroxylation is 1. The SMILES string of the molecule is CC.CC.Oc1cc2ccccc2c2c1CCc1ccccc1-2. The molecule has 1 aliphatic carbocycles. The Balaban J connectivity index is 0.000000448. The first kappa shape index (κ1) is 17.1. The van der Waals surface area contributed by atoms with E-state index in [1.54, 1.807) is 0 Å². The fourth-order valence-electron chi connectivity index (χ4n) is 3.18. The zero-order valence-corrected chi connectivity index (χ0v) is 14.6. The minimum absolute atomic E-state index is 0.434. The Kier molecular flexibility index (Phi) is 5.81. The molecule has 1 aliphatic rings. The first-order chi connectivity index (χ1) is 11.3. The van der Waals surface area contributed by atoms with Gasteiger partial charge in [0.1, 0.15) is 5.75 Å². The van der Waals surface area contributed by atoms with Crippen LogP contribution in [0.1, 0.15) is 38.8 Å². The van der Waals surface area contributed by atoms with E-state index in [9.17, 15) is 5.11 Å². The number of phenols is 1. The maximum atomic E-state index is 10.3. The van der Waals surface area contributed by atoms with Gasteiger partial charge in [0.25, 0.3) is 0 Å². The van der Waals surface area contributed by atoms with Gasteiger partial charge in [-0.2, -0.15) is 0 Å². The summed E-state index contributed by atoms with van der Waals surface area (Å²) in [6, 6.07) is 18.7. The van der Waals surface area contributed by atoms with Crippen molar-refractivity contribution in [3.63, 3.8) is 0 Å². The highest BCUT2D eigenvalue weighted by molar-refractivity contribution is 6.01. The Hall–Kier alpha value is -2.28. The van der Waals surface area contributed by atoms with Gasteiger partial charge in [-0.25, -0.2) is 0 Å². The lowest BCUT2D eigenvalue weighted by Crippen LogP contribution is -2.04. The Bertz CT molecular complexity index is 787. The number of benzene rings is 3. The summed E-state index contributed by atoms with van der Waals surface area (Å²) in [5, 5.41) is 12.6. The van der Waals surface area contributed by atoms with Gasteiger partial charge >= 0.3 is 0 Å². The molecule has 0 bridgehead atoms. The third-order valence-electron chi connectivity index (χ3n) is 4.06. The molecule has 0 aliphatic heterocycles. The van der Waals surface area contributed by atoms with Crippen LogP contribution in [0, 0.1) is 0 Å². The predicted octanol–water partition coefficient (Wildman–Crippen LogP) is 6.36. The molecule has 0 amide bonds. The highest BCUT2D eigenvalue weighted by atomic mass is 16.3. The van der Waals surface area contributed by atoms with Gasteiger partial charge in [-0.3, -0.25) is 0 Å². The molecule has 0 saturated heterocycles.